The Hall–Kier alpha value is -2.67. The second-order valence-electron chi connectivity index (χ2n) is 9.68. The Morgan fingerprint density at radius 1 is 1.06 bits per heavy atom. The van der Waals surface area contributed by atoms with Crippen molar-refractivity contribution in [2.45, 2.75) is 50.7 Å². The van der Waals surface area contributed by atoms with Crippen molar-refractivity contribution in [3.05, 3.63) is 48.8 Å². The van der Waals surface area contributed by atoms with Gasteiger partial charge in [0.05, 0.1) is 12.2 Å². The van der Waals surface area contributed by atoms with Crippen molar-refractivity contribution in [3.8, 4) is 5.75 Å². The monoisotopic (exact) mass is 436 g/mol. The molecule has 0 saturated carbocycles. The highest BCUT2D eigenvalue weighted by atomic mass is 16.6. The lowest BCUT2D eigenvalue weighted by molar-refractivity contribution is -0.150. The van der Waals surface area contributed by atoms with Crippen LogP contribution in [0.15, 0.2) is 48.8 Å². The zero-order valence-electron chi connectivity index (χ0n) is 18.8. The number of ether oxygens (including phenoxy) is 2. The third-order valence-electron chi connectivity index (χ3n) is 7.27. The van der Waals surface area contributed by atoms with E-state index in [4.69, 9.17) is 9.47 Å². The Morgan fingerprint density at radius 2 is 1.81 bits per heavy atom. The standard InChI is InChI=1S/C25H32N4O3/c1-24(10-15-28(16-11-24)23-26-12-6-13-27-23)22(30)29-14-5-9-25(19-29)17-21(18-31-25)32-20-7-3-2-4-8-20/h2-4,6-8,12-13,21H,5,9-11,14-19H2,1H3/t21-,25+/m1/s1. The average Bonchev–Trinajstić information content (AvgIpc) is 3.21. The van der Waals surface area contributed by atoms with E-state index < -0.39 is 0 Å². The van der Waals surface area contributed by atoms with E-state index in [2.05, 4.69) is 26.7 Å². The van der Waals surface area contributed by atoms with E-state index in [-0.39, 0.29) is 23.0 Å². The van der Waals surface area contributed by atoms with Gasteiger partial charge in [-0.3, -0.25) is 4.79 Å². The Bertz CT molecular complexity index is 917. The number of carbonyl (C=O) groups is 1. The number of para-hydroxylation sites is 1. The number of amides is 1. The van der Waals surface area contributed by atoms with Crippen LogP contribution in [0.5, 0.6) is 5.75 Å². The molecule has 2 aromatic rings. The molecule has 0 radical (unpaired) electrons. The first-order chi connectivity index (χ1) is 15.6. The fourth-order valence-electron chi connectivity index (χ4n) is 5.38. The van der Waals surface area contributed by atoms with Crippen molar-refractivity contribution in [2.24, 2.45) is 5.41 Å². The lowest BCUT2D eigenvalue weighted by Crippen LogP contribution is -2.55. The van der Waals surface area contributed by atoms with Crippen LogP contribution in [0, 0.1) is 5.41 Å². The van der Waals surface area contributed by atoms with Crippen LogP contribution >= 0.6 is 0 Å². The summed E-state index contributed by atoms with van der Waals surface area (Å²) >= 11 is 0. The first-order valence-corrected chi connectivity index (χ1v) is 11.7. The highest BCUT2D eigenvalue weighted by Crippen LogP contribution is 2.40. The van der Waals surface area contributed by atoms with Gasteiger partial charge in [0.2, 0.25) is 11.9 Å². The van der Waals surface area contributed by atoms with E-state index in [1.165, 1.54) is 0 Å². The summed E-state index contributed by atoms with van der Waals surface area (Å²) in [6.07, 6.45) is 8.00. The summed E-state index contributed by atoms with van der Waals surface area (Å²) in [5, 5.41) is 0. The van der Waals surface area contributed by atoms with Gasteiger partial charge in [0.1, 0.15) is 11.9 Å². The molecular weight excluding hydrogens is 404 g/mol. The van der Waals surface area contributed by atoms with Crippen LogP contribution in [-0.4, -0.2) is 65.3 Å². The maximum absolute atomic E-state index is 13.6. The van der Waals surface area contributed by atoms with Crippen LogP contribution < -0.4 is 9.64 Å². The molecule has 3 saturated heterocycles. The Balaban J connectivity index is 1.19. The predicted octanol–water partition coefficient (Wildman–Crippen LogP) is 3.31. The van der Waals surface area contributed by atoms with Crippen molar-refractivity contribution in [1.29, 1.82) is 0 Å². The van der Waals surface area contributed by atoms with Gasteiger partial charge in [-0.15, -0.1) is 0 Å². The van der Waals surface area contributed by atoms with Gasteiger partial charge in [-0.25, -0.2) is 9.97 Å². The minimum atomic E-state index is -0.345. The highest BCUT2D eigenvalue weighted by molar-refractivity contribution is 5.83. The number of hydrogen-bond donors (Lipinski definition) is 0. The summed E-state index contributed by atoms with van der Waals surface area (Å²) in [4.78, 5) is 26.6. The molecule has 7 nitrogen and oxygen atoms in total. The number of aromatic nitrogens is 2. The number of piperidine rings is 2. The molecular formula is C25H32N4O3. The fourth-order valence-corrected chi connectivity index (χ4v) is 5.38. The Kier molecular flexibility index (Phi) is 5.76. The predicted molar refractivity (Wildman–Crippen MR) is 122 cm³/mol. The Morgan fingerprint density at radius 3 is 2.56 bits per heavy atom. The van der Waals surface area contributed by atoms with E-state index in [0.29, 0.717) is 13.2 Å². The van der Waals surface area contributed by atoms with Crippen LogP contribution in [0.3, 0.4) is 0 Å². The van der Waals surface area contributed by atoms with Crippen LogP contribution in [0.2, 0.25) is 0 Å². The lowest BCUT2D eigenvalue weighted by atomic mass is 9.78. The van der Waals surface area contributed by atoms with Gasteiger partial charge >= 0.3 is 0 Å². The topological polar surface area (TPSA) is 67.8 Å². The van der Waals surface area contributed by atoms with E-state index in [1.807, 2.05) is 36.4 Å². The SMILES string of the molecule is CC1(C(=O)N2CCC[C@]3(C[C@@H](Oc4ccccc4)CO3)C2)CCN(c2ncccn2)CC1. The molecule has 3 fully saturated rings. The molecule has 1 spiro atoms. The van der Waals surface area contributed by atoms with Crippen molar-refractivity contribution in [2.75, 3.05) is 37.7 Å². The van der Waals surface area contributed by atoms with Gasteiger partial charge < -0.3 is 19.3 Å². The minimum absolute atomic E-state index is 0.0390. The van der Waals surface area contributed by atoms with Crippen molar-refractivity contribution >= 4 is 11.9 Å². The summed E-state index contributed by atoms with van der Waals surface area (Å²) in [5.74, 6) is 1.90. The van der Waals surface area contributed by atoms with Crippen molar-refractivity contribution < 1.29 is 14.3 Å². The van der Waals surface area contributed by atoms with Gasteiger partial charge in [-0.1, -0.05) is 25.1 Å². The number of anilines is 1. The minimum Gasteiger partial charge on any atom is -0.488 e. The summed E-state index contributed by atoms with van der Waals surface area (Å²) in [7, 11) is 0. The number of likely N-dealkylation sites (tertiary alicyclic amines) is 1. The molecule has 3 aliphatic heterocycles. The largest absolute Gasteiger partial charge is 0.488 e. The second kappa shape index (κ2) is 8.70. The van der Waals surface area contributed by atoms with Crippen LogP contribution in [0.25, 0.3) is 0 Å². The first-order valence-electron chi connectivity index (χ1n) is 11.7. The fraction of sp³-hybridized carbons (Fsp3) is 0.560. The normalized spacial score (nSPS) is 27.5. The van der Waals surface area contributed by atoms with Crippen molar-refractivity contribution in [1.82, 2.24) is 14.9 Å². The number of carbonyl (C=O) groups excluding carboxylic acids is 1. The molecule has 0 unspecified atom stereocenters. The summed E-state index contributed by atoms with van der Waals surface area (Å²) < 4.78 is 12.4. The quantitative estimate of drug-likeness (QED) is 0.733. The molecule has 2 atom stereocenters. The van der Waals surface area contributed by atoms with E-state index in [9.17, 15) is 4.79 Å². The zero-order valence-corrected chi connectivity index (χ0v) is 18.8. The molecule has 7 heteroatoms. The molecule has 3 aliphatic rings. The van der Waals surface area contributed by atoms with Gasteiger partial charge in [-0.05, 0) is 43.9 Å². The van der Waals surface area contributed by atoms with Crippen LogP contribution in [0.1, 0.15) is 39.0 Å². The van der Waals surface area contributed by atoms with E-state index in [0.717, 1.165) is 63.4 Å². The number of nitrogens with zero attached hydrogens (tertiary/aromatic N) is 4. The van der Waals surface area contributed by atoms with Gasteiger partial charge in [-0.2, -0.15) is 0 Å². The molecule has 1 amide bonds. The number of rotatable bonds is 4. The second-order valence-corrected chi connectivity index (χ2v) is 9.68. The van der Waals surface area contributed by atoms with Gasteiger partial charge in [0, 0.05) is 50.4 Å². The number of hydrogen-bond acceptors (Lipinski definition) is 6. The summed E-state index contributed by atoms with van der Waals surface area (Å²) in [5.41, 5.74) is -0.620. The summed E-state index contributed by atoms with van der Waals surface area (Å²) in [6.45, 7) is 5.79. The van der Waals surface area contributed by atoms with Gasteiger partial charge in [0.15, 0.2) is 0 Å². The zero-order chi connectivity index (χ0) is 22.0. The van der Waals surface area contributed by atoms with E-state index in [1.54, 1.807) is 12.4 Å². The molecule has 0 N–H and O–H groups in total. The molecule has 32 heavy (non-hydrogen) atoms. The highest BCUT2D eigenvalue weighted by Gasteiger charge is 2.48. The van der Waals surface area contributed by atoms with Crippen LogP contribution in [0.4, 0.5) is 5.95 Å². The maximum atomic E-state index is 13.6. The molecule has 1 aromatic heterocycles. The summed E-state index contributed by atoms with van der Waals surface area (Å²) in [6, 6.07) is 11.7. The van der Waals surface area contributed by atoms with E-state index >= 15 is 0 Å². The third kappa shape index (κ3) is 4.31. The average molecular weight is 437 g/mol. The molecule has 170 valence electrons. The smallest absolute Gasteiger partial charge is 0.228 e. The molecule has 0 bridgehead atoms. The third-order valence-corrected chi connectivity index (χ3v) is 7.27. The molecule has 1 aromatic carbocycles. The van der Waals surface area contributed by atoms with Gasteiger partial charge in [0.25, 0.3) is 0 Å². The molecule has 4 heterocycles. The Labute approximate surface area is 189 Å². The lowest BCUT2D eigenvalue weighted by Gasteiger charge is -2.45. The number of benzene rings is 1. The van der Waals surface area contributed by atoms with Crippen molar-refractivity contribution in [3.63, 3.8) is 0 Å². The molecule has 5 rings (SSSR count). The molecule has 0 aliphatic carbocycles. The van der Waals surface area contributed by atoms with Crippen LogP contribution in [-0.2, 0) is 9.53 Å². The first kappa shape index (κ1) is 21.2. The maximum Gasteiger partial charge on any atom is 0.228 e.